The maximum absolute atomic E-state index is 12.5. The highest BCUT2D eigenvalue weighted by Gasteiger charge is 2.31. The molecule has 2 aliphatic rings. The summed E-state index contributed by atoms with van der Waals surface area (Å²) in [6, 6.07) is -0.293. The SMILES string of the molecule is O=C(C1NCCc2[nH]cnc21)N1CCCOCC1. The first-order valence-electron chi connectivity index (χ1n) is 6.48. The van der Waals surface area contributed by atoms with Crippen molar-refractivity contribution >= 4 is 5.91 Å². The van der Waals surface area contributed by atoms with Gasteiger partial charge in [-0.3, -0.25) is 4.79 Å². The molecule has 1 atom stereocenters. The van der Waals surface area contributed by atoms with Gasteiger partial charge in [-0.05, 0) is 6.42 Å². The number of H-pyrrole nitrogens is 1. The summed E-state index contributed by atoms with van der Waals surface area (Å²) in [7, 11) is 0. The van der Waals surface area contributed by atoms with Crippen molar-refractivity contribution in [3.63, 3.8) is 0 Å². The fraction of sp³-hybridized carbons (Fsp3) is 0.667. The Bertz CT molecular complexity index is 423. The monoisotopic (exact) mass is 250 g/mol. The van der Waals surface area contributed by atoms with Gasteiger partial charge < -0.3 is 19.9 Å². The maximum Gasteiger partial charge on any atom is 0.246 e. The molecule has 3 heterocycles. The molecule has 18 heavy (non-hydrogen) atoms. The van der Waals surface area contributed by atoms with Gasteiger partial charge in [0.25, 0.3) is 0 Å². The summed E-state index contributed by atoms with van der Waals surface area (Å²) >= 11 is 0. The number of hydrogen-bond acceptors (Lipinski definition) is 4. The average molecular weight is 250 g/mol. The van der Waals surface area contributed by atoms with E-state index in [9.17, 15) is 4.79 Å². The molecule has 1 saturated heterocycles. The molecule has 1 aromatic rings. The zero-order valence-electron chi connectivity index (χ0n) is 10.3. The lowest BCUT2D eigenvalue weighted by Crippen LogP contribution is -2.44. The van der Waals surface area contributed by atoms with E-state index < -0.39 is 0 Å². The van der Waals surface area contributed by atoms with E-state index in [2.05, 4.69) is 15.3 Å². The number of aromatic amines is 1. The van der Waals surface area contributed by atoms with Crippen LogP contribution in [0.25, 0.3) is 0 Å². The highest BCUT2D eigenvalue weighted by Crippen LogP contribution is 2.21. The molecule has 2 aliphatic heterocycles. The van der Waals surface area contributed by atoms with E-state index in [1.165, 1.54) is 0 Å². The number of imidazole rings is 1. The largest absolute Gasteiger partial charge is 0.380 e. The van der Waals surface area contributed by atoms with Crippen LogP contribution in [0.1, 0.15) is 23.9 Å². The van der Waals surface area contributed by atoms with Crippen LogP contribution in [-0.2, 0) is 16.0 Å². The van der Waals surface area contributed by atoms with Crippen LogP contribution in [0, 0.1) is 0 Å². The molecular weight excluding hydrogens is 232 g/mol. The fourth-order valence-corrected chi connectivity index (χ4v) is 2.57. The van der Waals surface area contributed by atoms with E-state index in [0.29, 0.717) is 13.2 Å². The van der Waals surface area contributed by atoms with E-state index in [1.54, 1.807) is 6.33 Å². The molecule has 1 aromatic heterocycles. The van der Waals surface area contributed by atoms with Crippen molar-refractivity contribution in [3.05, 3.63) is 17.7 Å². The summed E-state index contributed by atoms with van der Waals surface area (Å²) in [6.45, 7) is 3.64. The Morgan fingerprint density at radius 3 is 3.33 bits per heavy atom. The molecular formula is C12H18N4O2. The van der Waals surface area contributed by atoms with Gasteiger partial charge in [0.05, 0.1) is 18.6 Å². The van der Waals surface area contributed by atoms with Crippen LogP contribution in [0.5, 0.6) is 0 Å². The van der Waals surface area contributed by atoms with Crippen LogP contribution in [0.4, 0.5) is 0 Å². The molecule has 0 radical (unpaired) electrons. The van der Waals surface area contributed by atoms with Crippen LogP contribution >= 0.6 is 0 Å². The summed E-state index contributed by atoms with van der Waals surface area (Å²) in [5.41, 5.74) is 1.94. The average Bonchev–Trinajstić information content (AvgIpc) is 2.71. The van der Waals surface area contributed by atoms with Crippen LogP contribution in [-0.4, -0.2) is 53.6 Å². The molecule has 0 aromatic carbocycles. The van der Waals surface area contributed by atoms with Gasteiger partial charge in [-0.2, -0.15) is 0 Å². The first-order chi connectivity index (χ1) is 8.86. The van der Waals surface area contributed by atoms with Crippen molar-refractivity contribution in [2.45, 2.75) is 18.9 Å². The molecule has 1 fully saturated rings. The lowest BCUT2D eigenvalue weighted by atomic mass is 10.0. The summed E-state index contributed by atoms with van der Waals surface area (Å²) in [5.74, 6) is 0.119. The van der Waals surface area contributed by atoms with E-state index in [4.69, 9.17) is 4.74 Å². The van der Waals surface area contributed by atoms with E-state index >= 15 is 0 Å². The predicted molar refractivity (Wildman–Crippen MR) is 65.1 cm³/mol. The number of carbonyl (C=O) groups is 1. The summed E-state index contributed by atoms with van der Waals surface area (Å²) < 4.78 is 5.38. The molecule has 1 unspecified atom stereocenters. The molecule has 0 saturated carbocycles. The van der Waals surface area contributed by atoms with Gasteiger partial charge in [-0.15, -0.1) is 0 Å². The number of nitrogens with zero attached hydrogens (tertiary/aromatic N) is 2. The number of nitrogens with one attached hydrogen (secondary N) is 2. The van der Waals surface area contributed by atoms with Gasteiger partial charge >= 0.3 is 0 Å². The zero-order chi connectivity index (χ0) is 12.4. The lowest BCUT2D eigenvalue weighted by Gasteiger charge is -2.28. The van der Waals surface area contributed by atoms with Crippen molar-refractivity contribution in [3.8, 4) is 0 Å². The van der Waals surface area contributed by atoms with Crippen LogP contribution in [0.15, 0.2) is 6.33 Å². The number of hydrogen-bond donors (Lipinski definition) is 2. The molecule has 0 spiro atoms. The number of rotatable bonds is 1. The van der Waals surface area contributed by atoms with Gasteiger partial charge in [0.15, 0.2) is 0 Å². The molecule has 6 heteroatoms. The lowest BCUT2D eigenvalue weighted by molar-refractivity contribution is -0.134. The normalized spacial score (nSPS) is 24.4. The number of fused-ring (bicyclic) bond motifs is 1. The summed E-state index contributed by atoms with van der Waals surface area (Å²) in [5, 5.41) is 3.26. The predicted octanol–water partition coefficient (Wildman–Crippen LogP) is -0.155. The van der Waals surface area contributed by atoms with E-state index in [-0.39, 0.29) is 11.9 Å². The van der Waals surface area contributed by atoms with Crippen LogP contribution < -0.4 is 5.32 Å². The van der Waals surface area contributed by atoms with Crippen LogP contribution in [0.3, 0.4) is 0 Å². The molecule has 1 amide bonds. The molecule has 0 bridgehead atoms. The Morgan fingerprint density at radius 1 is 1.44 bits per heavy atom. The second-order valence-electron chi connectivity index (χ2n) is 4.69. The minimum atomic E-state index is -0.293. The van der Waals surface area contributed by atoms with Crippen molar-refractivity contribution in [2.75, 3.05) is 32.8 Å². The third-order valence-electron chi connectivity index (χ3n) is 3.53. The third-order valence-corrected chi connectivity index (χ3v) is 3.53. The van der Waals surface area contributed by atoms with Crippen molar-refractivity contribution in [1.29, 1.82) is 0 Å². The fourth-order valence-electron chi connectivity index (χ4n) is 2.57. The molecule has 0 aliphatic carbocycles. The zero-order valence-corrected chi connectivity index (χ0v) is 10.3. The number of carbonyl (C=O) groups excluding carboxylic acids is 1. The van der Waals surface area contributed by atoms with Gasteiger partial charge in [-0.25, -0.2) is 4.98 Å². The topological polar surface area (TPSA) is 70.2 Å². The second kappa shape index (κ2) is 5.07. The van der Waals surface area contributed by atoms with Crippen molar-refractivity contribution in [1.82, 2.24) is 20.2 Å². The quantitative estimate of drug-likeness (QED) is 0.727. The van der Waals surface area contributed by atoms with Gasteiger partial charge in [-0.1, -0.05) is 0 Å². The Hall–Kier alpha value is -1.40. The Morgan fingerprint density at radius 2 is 2.39 bits per heavy atom. The highest BCUT2D eigenvalue weighted by molar-refractivity contribution is 5.83. The highest BCUT2D eigenvalue weighted by atomic mass is 16.5. The van der Waals surface area contributed by atoms with Gasteiger partial charge in [0.1, 0.15) is 6.04 Å². The maximum atomic E-state index is 12.5. The minimum absolute atomic E-state index is 0.119. The Kier molecular flexibility index (Phi) is 3.29. The second-order valence-corrected chi connectivity index (χ2v) is 4.69. The van der Waals surface area contributed by atoms with E-state index in [1.807, 2.05) is 4.90 Å². The van der Waals surface area contributed by atoms with E-state index in [0.717, 1.165) is 43.9 Å². The smallest absolute Gasteiger partial charge is 0.246 e. The van der Waals surface area contributed by atoms with Crippen LogP contribution in [0.2, 0.25) is 0 Å². The molecule has 98 valence electrons. The standard InChI is InChI=1S/C12H18N4O2/c17-12(16-4-1-6-18-7-5-16)11-10-9(2-3-13-11)14-8-15-10/h8,11,13H,1-7H2,(H,14,15). The Labute approximate surface area is 106 Å². The van der Waals surface area contributed by atoms with Crippen molar-refractivity contribution < 1.29 is 9.53 Å². The third kappa shape index (κ3) is 2.13. The number of aromatic nitrogens is 2. The van der Waals surface area contributed by atoms with Gasteiger partial charge in [0, 0.05) is 38.4 Å². The molecule has 3 rings (SSSR count). The summed E-state index contributed by atoms with van der Waals surface area (Å²) in [4.78, 5) is 21.8. The first-order valence-corrected chi connectivity index (χ1v) is 6.48. The Balaban J connectivity index is 1.77. The molecule has 6 nitrogen and oxygen atoms in total. The van der Waals surface area contributed by atoms with Crippen molar-refractivity contribution in [2.24, 2.45) is 0 Å². The molecule has 2 N–H and O–H groups in total. The number of ether oxygens (including phenoxy) is 1. The van der Waals surface area contributed by atoms with Gasteiger partial charge in [0.2, 0.25) is 5.91 Å². The number of amides is 1. The minimum Gasteiger partial charge on any atom is -0.380 e. The first kappa shape index (κ1) is 11.7. The summed E-state index contributed by atoms with van der Waals surface area (Å²) in [6.07, 6.45) is 3.48.